The highest BCUT2D eigenvalue weighted by Crippen LogP contribution is 2.26. The van der Waals surface area contributed by atoms with Crippen molar-refractivity contribution in [1.29, 1.82) is 0 Å². The maximum absolute atomic E-state index is 10.8. The average Bonchev–Trinajstić information content (AvgIpc) is 2.34. The third kappa shape index (κ3) is 4.73. The number of anilines is 1. The van der Waals surface area contributed by atoms with Crippen LogP contribution in [0.4, 0.5) is 11.4 Å². The summed E-state index contributed by atoms with van der Waals surface area (Å²) in [6, 6.07) is 4.12. The van der Waals surface area contributed by atoms with E-state index in [1.54, 1.807) is 19.9 Å². The summed E-state index contributed by atoms with van der Waals surface area (Å²) in [5.41, 5.74) is 5.12. The van der Waals surface area contributed by atoms with Crippen molar-refractivity contribution in [2.75, 3.05) is 11.9 Å². The predicted octanol–water partition coefficient (Wildman–Crippen LogP) is 0.640. The van der Waals surface area contributed by atoms with E-state index in [4.69, 9.17) is 10.5 Å². The molecule has 0 aliphatic heterocycles. The number of aliphatic hydroxyl groups is 1. The van der Waals surface area contributed by atoms with Crippen molar-refractivity contribution < 1.29 is 19.6 Å². The van der Waals surface area contributed by atoms with Gasteiger partial charge in [0.2, 0.25) is 5.91 Å². The Labute approximate surface area is 115 Å². The van der Waals surface area contributed by atoms with Crippen LogP contribution >= 0.6 is 0 Å². The summed E-state index contributed by atoms with van der Waals surface area (Å²) < 4.78 is 5.40. The van der Waals surface area contributed by atoms with Crippen molar-refractivity contribution in [3.63, 3.8) is 0 Å². The van der Waals surface area contributed by atoms with Crippen LogP contribution in [0.1, 0.15) is 13.8 Å². The topological polar surface area (TPSA) is 128 Å². The van der Waals surface area contributed by atoms with E-state index in [9.17, 15) is 20.0 Å². The second kappa shape index (κ2) is 6.71. The molecule has 0 saturated heterocycles. The second-order valence-corrected chi connectivity index (χ2v) is 4.44. The minimum Gasteiger partial charge on any atom is -0.491 e. The zero-order valence-electron chi connectivity index (χ0n) is 11.2. The highest BCUT2D eigenvalue weighted by atomic mass is 16.6. The van der Waals surface area contributed by atoms with Crippen LogP contribution in [0.3, 0.4) is 0 Å². The molecule has 0 heterocycles. The molecule has 0 saturated carbocycles. The molecular weight excluding hydrogens is 266 g/mol. The molecule has 0 radical (unpaired) electrons. The molecule has 1 aromatic rings. The summed E-state index contributed by atoms with van der Waals surface area (Å²) in [4.78, 5) is 21.0. The molecular formula is C12H17N3O5. The Kier molecular flexibility index (Phi) is 5.27. The molecule has 8 heteroatoms. The lowest BCUT2D eigenvalue weighted by atomic mass is 10.2. The van der Waals surface area contributed by atoms with Gasteiger partial charge in [-0.05, 0) is 13.8 Å². The summed E-state index contributed by atoms with van der Waals surface area (Å²) in [6.45, 7) is 3.45. The zero-order valence-corrected chi connectivity index (χ0v) is 11.2. The summed E-state index contributed by atoms with van der Waals surface area (Å²) in [7, 11) is 0. The summed E-state index contributed by atoms with van der Waals surface area (Å²) in [5, 5.41) is 22.8. The third-order valence-electron chi connectivity index (χ3n) is 2.30. The highest BCUT2D eigenvalue weighted by molar-refractivity contribution is 5.79. The van der Waals surface area contributed by atoms with Crippen LogP contribution in [0.15, 0.2) is 18.2 Å². The smallest absolute Gasteiger partial charge is 0.275 e. The molecule has 4 N–H and O–H groups in total. The van der Waals surface area contributed by atoms with Gasteiger partial charge < -0.3 is 20.9 Å². The molecule has 1 unspecified atom stereocenters. The number of nitro benzene ring substituents is 1. The van der Waals surface area contributed by atoms with Crippen molar-refractivity contribution in [2.45, 2.75) is 26.1 Å². The number of nitrogens with one attached hydrogen (secondary N) is 1. The number of benzene rings is 1. The molecule has 110 valence electrons. The van der Waals surface area contributed by atoms with E-state index in [1.165, 1.54) is 12.1 Å². The lowest BCUT2D eigenvalue weighted by Gasteiger charge is -2.13. The van der Waals surface area contributed by atoms with Crippen LogP contribution < -0.4 is 15.8 Å². The van der Waals surface area contributed by atoms with Gasteiger partial charge in [0, 0.05) is 24.4 Å². The second-order valence-electron chi connectivity index (χ2n) is 4.44. The van der Waals surface area contributed by atoms with E-state index in [1.807, 2.05) is 0 Å². The summed E-state index contributed by atoms with van der Waals surface area (Å²) in [6.07, 6.45) is -1.51. The van der Waals surface area contributed by atoms with Gasteiger partial charge in [-0.1, -0.05) is 0 Å². The molecule has 1 atom stereocenters. The number of hydrogen-bond acceptors (Lipinski definition) is 6. The number of ether oxygens (including phenoxy) is 1. The largest absolute Gasteiger partial charge is 0.491 e. The molecule has 1 rings (SSSR count). The molecule has 0 spiro atoms. The van der Waals surface area contributed by atoms with Crippen LogP contribution in [-0.2, 0) is 4.79 Å². The fourth-order valence-electron chi connectivity index (χ4n) is 1.45. The number of rotatable bonds is 7. The quantitative estimate of drug-likeness (QED) is 0.497. The molecule has 0 fully saturated rings. The normalized spacial score (nSPS) is 12.0. The number of carbonyl (C=O) groups excluding carboxylic acids is 1. The first kappa shape index (κ1) is 15.7. The molecule has 20 heavy (non-hydrogen) atoms. The van der Waals surface area contributed by atoms with E-state index in [2.05, 4.69) is 5.32 Å². The van der Waals surface area contributed by atoms with Gasteiger partial charge in [-0.2, -0.15) is 0 Å². The first-order valence-electron chi connectivity index (χ1n) is 5.97. The lowest BCUT2D eigenvalue weighted by Crippen LogP contribution is -2.34. The Morgan fingerprint density at radius 2 is 2.15 bits per heavy atom. The van der Waals surface area contributed by atoms with Crippen molar-refractivity contribution >= 4 is 17.3 Å². The number of nitro groups is 1. The van der Waals surface area contributed by atoms with Gasteiger partial charge >= 0.3 is 0 Å². The zero-order chi connectivity index (χ0) is 15.3. The molecule has 0 aliphatic rings. The van der Waals surface area contributed by atoms with Crippen LogP contribution in [-0.4, -0.2) is 34.7 Å². The number of nitrogens with two attached hydrogens (primary N) is 1. The summed E-state index contributed by atoms with van der Waals surface area (Å²) in [5.74, 6) is -0.549. The Hall–Kier alpha value is -2.35. The Morgan fingerprint density at radius 3 is 2.65 bits per heavy atom. The number of aliphatic hydroxyl groups excluding tert-OH is 1. The maximum Gasteiger partial charge on any atom is 0.275 e. The Balaban J connectivity index is 2.91. The van der Waals surface area contributed by atoms with Crippen LogP contribution in [0, 0.1) is 10.1 Å². The monoisotopic (exact) mass is 283 g/mol. The maximum atomic E-state index is 10.8. The molecule has 0 aromatic heterocycles. The van der Waals surface area contributed by atoms with Crippen molar-refractivity contribution in [2.24, 2.45) is 5.73 Å². The number of nitrogens with zero attached hydrogens (tertiary/aromatic N) is 1. The van der Waals surface area contributed by atoms with Crippen molar-refractivity contribution in [1.82, 2.24) is 0 Å². The van der Waals surface area contributed by atoms with E-state index in [-0.39, 0.29) is 18.3 Å². The van der Waals surface area contributed by atoms with E-state index in [0.717, 1.165) is 0 Å². The number of amides is 1. The van der Waals surface area contributed by atoms with Gasteiger partial charge in [-0.25, -0.2) is 0 Å². The number of carbonyl (C=O) groups is 1. The fraction of sp³-hybridized carbons (Fsp3) is 0.417. The van der Waals surface area contributed by atoms with Crippen molar-refractivity contribution in [3.8, 4) is 5.75 Å². The Morgan fingerprint density at radius 1 is 1.50 bits per heavy atom. The third-order valence-corrected chi connectivity index (χ3v) is 2.30. The first-order chi connectivity index (χ1) is 9.29. The Bertz CT molecular complexity index is 504. The summed E-state index contributed by atoms with van der Waals surface area (Å²) >= 11 is 0. The van der Waals surface area contributed by atoms with Gasteiger partial charge in [-0.15, -0.1) is 0 Å². The predicted molar refractivity (Wildman–Crippen MR) is 72.6 cm³/mol. The number of primary amides is 1. The fourth-order valence-corrected chi connectivity index (χ4v) is 1.45. The van der Waals surface area contributed by atoms with Crippen molar-refractivity contribution in [3.05, 3.63) is 28.3 Å². The van der Waals surface area contributed by atoms with Crippen LogP contribution in [0.2, 0.25) is 0 Å². The SMILES string of the molecule is CC(C)Oc1cc(NCC(O)C(N)=O)cc([N+](=O)[O-])c1. The van der Waals surface area contributed by atoms with Gasteiger partial charge in [0.1, 0.15) is 11.9 Å². The molecule has 1 amide bonds. The van der Waals surface area contributed by atoms with Gasteiger partial charge in [0.15, 0.2) is 0 Å². The highest BCUT2D eigenvalue weighted by Gasteiger charge is 2.14. The molecule has 0 bridgehead atoms. The minimum atomic E-state index is -1.37. The lowest BCUT2D eigenvalue weighted by molar-refractivity contribution is -0.384. The van der Waals surface area contributed by atoms with Gasteiger partial charge in [-0.3, -0.25) is 14.9 Å². The van der Waals surface area contributed by atoms with E-state index in [0.29, 0.717) is 11.4 Å². The minimum absolute atomic E-state index is 0.138. The molecule has 1 aromatic carbocycles. The molecule has 8 nitrogen and oxygen atoms in total. The number of hydrogen-bond donors (Lipinski definition) is 3. The number of non-ortho nitro benzene ring substituents is 1. The van der Waals surface area contributed by atoms with E-state index < -0.39 is 16.9 Å². The van der Waals surface area contributed by atoms with Gasteiger partial charge in [0.05, 0.1) is 17.1 Å². The van der Waals surface area contributed by atoms with E-state index >= 15 is 0 Å². The standard InChI is InChI=1S/C12H17N3O5/c1-7(2)20-10-4-8(3-9(5-10)15(18)19)14-6-11(16)12(13)17/h3-5,7,11,14,16H,6H2,1-2H3,(H2,13,17). The van der Waals surface area contributed by atoms with Crippen LogP contribution in [0.5, 0.6) is 5.75 Å². The van der Waals surface area contributed by atoms with Gasteiger partial charge in [0.25, 0.3) is 5.69 Å². The first-order valence-corrected chi connectivity index (χ1v) is 5.97. The molecule has 0 aliphatic carbocycles. The van der Waals surface area contributed by atoms with Crippen LogP contribution in [0.25, 0.3) is 0 Å². The average molecular weight is 283 g/mol.